The molecule has 0 saturated heterocycles. The maximum atomic E-state index is 13.6. The van der Waals surface area contributed by atoms with Crippen molar-refractivity contribution in [3.8, 4) is 0 Å². The number of ketones is 2. The summed E-state index contributed by atoms with van der Waals surface area (Å²) < 4.78 is 13.6. The Balaban J connectivity index is 2.89. The highest BCUT2D eigenvalue weighted by atomic mass is 19.1. The number of halogens is 1. The molecule has 1 aliphatic carbocycles. The summed E-state index contributed by atoms with van der Waals surface area (Å²) in [7, 11) is 0. The number of carbonyl (C=O) groups is 2. The molecule has 0 amide bonds. The fourth-order valence-electron chi connectivity index (χ4n) is 1.83. The Morgan fingerprint density at radius 2 is 1.59 bits per heavy atom. The highest BCUT2D eigenvalue weighted by molar-refractivity contribution is 6.49. The van der Waals surface area contributed by atoms with Gasteiger partial charge in [0.15, 0.2) is 5.83 Å². The van der Waals surface area contributed by atoms with E-state index in [4.69, 9.17) is 0 Å². The van der Waals surface area contributed by atoms with Gasteiger partial charge in [0.2, 0.25) is 5.78 Å². The van der Waals surface area contributed by atoms with E-state index < -0.39 is 17.4 Å². The summed E-state index contributed by atoms with van der Waals surface area (Å²) in [6.07, 6.45) is 6.28. The van der Waals surface area contributed by atoms with Crippen molar-refractivity contribution in [2.75, 3.05) is 0 Å². The summed E-state index contributed by atoms with van der Waals surface area (Å²) in [5.41, 5.74) is 0.881. The Kier molecular flexibility index (Phi) is 5.26. The fraction of sp³-hybridized carbons (Fsp3) is 0.571. The number of rotatable bonds is 6. The second kappa shape index (κ2) is 6.48. The van der Waals surface area contributed by atoms with Crippen molar-refractivity contribution in [3.05, 3.63) is 23.0 Å². The average Bonchev–Trinajstić information content (AvgIpc) is 2.34. The minimum Gasteiger partial charge on any atom is -0.285 e. The van der Waals surface area contributed by atoms with Crippen LogP contribution >= 0.6 is 0 Å². The van der Waals surface area contributed by atoms with Crippen molar-refractivity contribution in [3.63, 3.8) is 0 Å². The molecule has 0 atom stereocenters. The third-order valence-electron chi connectivity index (χ3n) is 2.93. The van der Waals surface area contributed by atoms with Gasteiger partial charge in [0.05, 0.1) is 0 Å². The van der Waals surface area contributed by atoms with E-state index in [-0.39, 0.29) is 0 Å². The van der Waals surface area contributed by atoms with Gasteiger partial charge >= 0.3 is 0 Å². The average molecular weight is 238 g/mol. The first-order chi connectivity index (χ1) is 8.11. The van der Waals surface area contributed by atoms with Crippen molar-refractivity contribution in [1.29, 1.82) is 0 Å². The van der Waals surface area contributed by atoms with Gasteiger partial charge in [0, 0.05) is 5.57 Å². The van der Waals surface area contributed by atoms with Gasteiger partial charge in [-0.2, -0.15) is 0 Å². The Hall–Kier alpha value is -1.25. The first kappa shape index (κ1) is 13.8. The molecule has 2 nitrogen and oxygen atoms in total. The SMILES string of the molecule is CCCCC1=CC(CCCC)=C(F)C(=O)C1=O. The lowest BCUT2D eigenvalue weighted by atomic mass is 9.90. The van der Waals surface area contributed by atoms with Crippen LogP contribution in [-0.4, -0.2) is 11.6 Å². The molecule has 1 aliphatic rings. The van der Waals surface area contributed by atoms with Gasteiger partial charge in [-0.15, -0.1) is 0 Å². The molecule has 0 aromatic rings. The maximum absolute atomic E-state index is 13.6. The van der Waals surface area contributed by atoms with Crippen molar-refractivity contribution in [2.45, 2.75) is 52.4 Å². The van der Waals surface area contributed by atoms with Crippen LogP contribution in [-0.2, 0) is 9.59 Å². The van der Waals surface area contributed by atoms with Crippen LogP contribution in [0.2, 0.25) is 0 Å². The second-order valence-corrected chi connectivity index (χ2v) is 4.37. The second-order valence-electron chi connectivity index (χ2n) is 4.37. The molecule has 0 aliphatic heterocycles. The number of Topliss-reactive ketones (excluding diaryl/α,β-unsaturated/α-hetero) is 2. The number of allylic oxidation sites excluding steroid dienone is 4. The number of unbranched alkanes of at least 4 members (excludes halogenated alkanes) is 2. The molecule has 0 bridgehead atoms. The van der Waals surface area contributed by atoms with Crippen molar-refractivity contribution >= 4 is 11.6 Å². The Labute approximate surface area is 102 Å². The van der Waals surface area contributed by atoms with E-state index in [1.165, 1.54) is 0 Å². The van der Waals surface area contributed by atoms with Crippen LogP contribution in [0.1, 0.15) is 52.4 Å². The van der Waals surface area contributed by atoms with Crippen LogP contribution in [0.25, 0.3) is 0 Å². The van der Waals surface area contributed by atoms with Gasteiger partial charge < -0.3 is 0 Å². The van der Waals surface area contributed by atoms with Gasteiger partial charge in [-0.1, -0.05) is 26.7 Å². The van der Waals surface area contributed by atoms with Gasteiger partial charge in [-0.05, 0) is 37.3 Å². The van der Waals surface area contributed by atoms with Gasteiger partial charge in [0.1, 0.15) is 0 Å². The zero-order chi connectivity index (χ0) is 12.8. The Morgan fingerprint density at radius 3 is 2.18 bits per heavy atom. The van der Waals surface area contributed by atoms with Crippen LogP contribution in [0.15, 0.2) is 23.0 Å². The quantitative estimate of drug-likeness (QED) is 0.522. The number of hydrogen-bond donors (Lipinski definition) is 0. The van der Waals surface area contributed by atoms with Crippen LogP contribution in [0.4, 0.5) is 4.39 Å². The molecule has 0 spiro atoms. The van der Waals surface area contributed by atoms with Crippen molar-refractivity contribution < 1.29 is 14.0 Å². The summed E-state index contributed by atoms with van der Waals surface area (Å²) in [5.74, 6) is -2.45. The fourth-order valence-corrected chi connectivity index (χ4v) is 1.83. The van der Waals surface area contributed by atoms with Crippen molar-refractivity contribution in [2.24, 2.45) is 0 Å². The molecular weight excluding hydrogens is 219 g/mol. The van der Waals surface area contributed by atoms with Gasteiger partial charge in [-0.3, -0.25) is 9.59 Å². The zero-order valence-corrected chi connectivity index (χ0v) is 10.5. The minimum absolute atomic E-state index is 0.405. The summed E-state index contributed by atoms with van der Waals surface area (Å²) >= 11 is 0. The largest absolute Gasteiger partial charge is 0.285 e. The van der Waals surface area contributed by atoms with Gasteiger partial charge in [0.25, 0.3) is 5.78 Å². The minimum atomic E-state index is -0.954. The lowest BCUT2D eigenvalue weighted by molar-refractivity contribution is -0.133. The monoisotopic (exact) mass is 238 g/mol. The Bertz CT molecular complexity index is 378. The molecule has 0 radical (unpaired) electrons. The number of hydrogen-bond acceptors (Lipinski definition) is 2. The smallest absolute Gasteiger partial charge is 0.261 e. The topological polar surface area (TPSA) is 34.1 Å². The maximum Gasteiger partial charge on any atom is 0.261 e. The standard InChI is InChI=1S/C14H19FO2/c1-3-5-7-10-9-11(8-6-4-2)13(16)14(17)12(10)15/h9H,3-8H2,1-2H3. The third kappa shape index (κ3) is 3.35. The van der Waals surface area contributed by atoms with E-state index in [9.17, 15) is 14.0 Å². The highest BCUT2D eigenvalue weighted by Crippen LogP contribution is 2.26. The molecule has 0 aromatic heterocycles. The molecule has 3 heteroatoms. The molecule has 0 fully saturated rings. The van der Waals surface area contributed by atoms with Gasteiger partial charge in [-0.25, -0.2) is 4.39 Å². The Morgan fingerprint density at radius 1 is 1.00 bits per heavy atom. The molecular formula is C14H19FO2. The molecule has 17 heavy (non-hydrogen) atoms. The van der Waals surface area contributed by atoms with E-state index in [1.807, 2.05) is 13.8 Å². The van der Waals surface area contributed by atoms with E-state index in [0.29, 0.717) is 24.0 Å². The normalized spacial score (nSPS) is 16.5. The summed E-state index contributed by atoms with van der Waals surface area (Å²) in [6.45, 7) is 4.03. The zero-order valence-electron chi connectivity index (χ0n) is 10.5. The molecule has 0 N–H and O–H groups in total. The predicted octanol–water partition coefficient (Wildman–Crippen LogP) is 3.67. The third-order valence-corrected chi connectivity index (χ3v) is 2.93. The molecule has 0 aromatic carbocycles. The molecule has 0 heterocycles. The first-order valence-electron chi connectivity index (χ1n) is 6.30. The molecule has 0 unspecified atom stereocenters. The lowest BCUT2D eigenvalue weighted by Crippen LogP contribution is -2.21. The van der Waals surface area contributed by atoms with E-state index in [2.05, 4.69) is 0 Å². The van der Waals surface area contributed by atoms with E-state index in [0.717, 1.165) is 25.7 Å². The summed E-state index contributed by atoms with van der Waals surface area (Å²) in [4.78, 5) is 23.0. The van der Waals surface area contributed by atoms with E-state index >= 15 is 0 Å². The van der Waals surface area contributed by atoms with Crippen LogP contribution in [0, 0.1) is 0 Å². The summed E-state index contributed by atoms with van der Waals surface area (Å²) in [6, 6.07) is 0. The predicted molar refractivity (Wildman–Crippen MR) is 65.3 cm³/mol. The number of carbonyl (C=O) groups excluding carboxylic acids is 2. The van der Waals surface area contributed by atoms with Crippen LogP contribution < -0.4 is 0 Å². The summed E-state index contributed by atoms with van der Waals surface area (Å²) in [5, 5.41) is 0. The van der Waals surface area contributed by atoms with E-state index in [1.54, 1.807) is 6.08 Å². The lowest BCUT2D eigenvalue weighted by Gasteiger charge is -2.13. The van der Waals surface area contributed by atoms with Crippen molar-refractivity contribution in [1.82, 2.24) is 0 Å². The van der Waals surface area contributed by atoms with Crippen LogP contribution in [0.3, 0.4) is 0 Å². The molecule has 0 saturated carbocycles. The molecule has 94 valence electrons. The first-order valence-corrected chi connectivity index (χ1v) is 6.30. The highest BCUT2D eigenvalue weighted by Gasteiger charge is 2.29. The molecule has 1 rings (SSSR count). The van der Waals surface area contributed by atoms with Crippen LogP contribution in [0.5, 0.6) is 0 Å².